The second-order valence-electron chi connectivity index (χ2n) is 4.35. The van der Waals surface area contributed by atoms with Crippen LogP contribution < -0.4 is 5.32 Å². The van der Waals surface area contributed by atoms with Crippen molar-refractivity contribution in [2.24, 2.45) is 0 Å². The van der Waals surface area contributed by atoms with Crippen molar-refractivity contribution in [3.05, 3.63) is 57.8 Å². The molecule has 0 fully saturated rings. The molecule has 1 aromatic carbocycles. The molecule has 0 bridgehead atoms. The van der Waals surface area contributed by atoms with Crippen LogP contribution in [0.1, 0.15) is 20.8 Å². The number of fused-ring (bicyclic) bond motifs is 1. The maximum absolute atomic E-state index is 12.1. The zero-order chi connectivity index (χ0) is 13.4. The van der Waals surface area contributed by atoms with Crippen LogP contribution in [0.4, 0.5) is 5.69 Å². The summed E-state index contributed by atoms with van der Waals surface area (Å²) in [5.74, 6) is -0.344. The number of carbonyl (C=O) groups is 2. The quantitative estimate of drug-likeness (QED) is 0.671. The van der Waals surface area contributed by atoms with Crippen molar-refractivity contribution in [2.45, 2.75) is 6.92 Å². The van der Waals surface area contributed by atoms with E-state index in [9.17, 15) is 9.59 Å². The molecule has 0 saturated heterocycles. The van der Waals surface area contributed by atoms with Crippen molar-refractivity contribution in [2.75, 3.05) is 5.32 Å². The van der Waals surface area contributed by atoms with Gasteiger partial charge in [-0.1, -0.05) is 24.3 Å². The average Bonchev–Trinajstić information content (AvgIpc) is 3.00. The largest absolute Gasteiger partial charge is 0.321 e. The third-order valence-electron chi connectivity index (χ3n) is 3.09. The smallest absolute Gasteiger partial charge is 0.256 e. The number of ketones is 1. The van der Waals surface area contributed by atoms with Gasteiger partial charge in [0.05, 0.1) is 16.1 Å². The normalized spacial score (nSPS) is 15.4. The first-order valence-corrected chi connectivity index (χ1v) is 6.75. The topological polar surface area (TPSA) is 46.2 Å². The number of thiophene rings is 1. The third-order valence-corrected chi connectivity index (χ3v) is 3.97. The molecule has 0 aliphatic carbocycles. The Morgan fingerprint density at radius 1 is 1.26 bits per heavy atom. The first kappa shape index (κ1) is 11.9. The van der Waals surface area contributed by atoms with Crippen LogP contribution in [0, 0.1) is 6.92 Å². The molecule has 0 saturated carbocycles. The van der Waals surface area contributed by atoms with Gasteiger partial charge in [-0.05, 0) is 23.9 Å². The highest BCUT2D eigenvalue weighted by Crippen LogP contribution is 2.34. The van der Waals surface area contributed by atoms with Gasteiger partial charge in [0, 0.05) is 11.6 Å². The summed E-state index contributed by atoms with van der Waals surface area (Å²) in [7, 11) is 0. The van der Waals surface area contributed by atoms with Crippen LogP contribution in [0.2, 0.25) is 0 Å². The molecule has 0 unspecified atom stereocenters. The lowest BCUT2D eigenvalue weighted by molar-refractivity contribution is -0.110. The van der Waals surface area contributed by atoms with Crippen molar-refractivity contribution in [3.63, 3.8) is 0 Å². The van der Waals surface area contributed by atoms with Gasteiger partial charge in [0.15, 0.2) is 5.78 Å². The van der Waals surface area contributed by atoms with Crippen LogP contribution in [-0.4, -0.2) is 11.7 Å². The number of hydrogen-bond acceptors (Lipinski definition) is 3. The molecule has 1 N–H and O–H groups in total. The summed E-state index contributed by atoms with van der Waals surface area (Å²) in [6.45, 7) is 1.93. The number of anilines is 1. The van der Waals surface area contributed by atoms with Crippen molar-refractivity contribution in [1.29, 1.82) is 0 Å². The van der Waals surface area contributed by atoms with Gasteiger partial charge >= 0.3 is 0 Å². The minimum atomic E-state index is -0.214. The third kappa shape index (κ3) is 2.00. The maximum atomic E-state index is 12.1. The molecule has 0 spiro atoms. The Hall–Kier alpha value is -2.20. The second-order valence-corrected chi connectivity index (χ2v) is 5.30. The van der Waals surface area contributed by atoms with Gasteiger partial charge in [-0.25, -0.2) is 0 Å². The van der Waals surface area contributed by atoms with Crippen LogP contribution in [-0.2, 0) is 4.79 Å². The molecule has 2 aromatic rings. The summed E-state index contributed by atoms with van der Waals surface area (Å²) < 4.78 is 0. The first-order chi connectivity index (χ1) is 9.16. The van der Waals surface area contributed by atoms with E-state index in [2.05, 4.69) is 5.32 Å². The summed E-state index contributed by atoms with van der Waals surface area (Å²) in [6, 6.07) is 9.26. The van der Waals surface area contributed by atoms with Gasteiger partial charge in [0.25, 0.3) is 5.91 Å². The molecule has 0 atom stereocenters. The van der Waals surface area contributed by atoms with E-state index in [1.165, 1.54) is 17.4 Å². The van der Waals surface area contributed by atoms with Crippen molar-refractivity contribution < 1.29 is 9.59 Å². The zero-order valence-corrected chi connectivity index (χ0v) is 11.1. The van der Waals surface area contributed by atoms with E-state index in [0.29, 0.717) is 10.5 Å². The second kappa shape index (κ2) is 4.48. The number of carbonyl (C=O) groups excluding carboxylic acids is 2. The van der Waals surface area contributed by atoms with Crippen LogP contribution in [0.5, 0.6) is 0 Å². The summed E-state index contributed by atoms with van der Waals surface area (Å²) in [6.07, 6.45) is 1.42. The standard InChI is InChI=1S/C15H11NO2S/c1-9-4-2-5-10-11(15(18)16-14(9)10)8-12(17)13-6-3-7-19-13/h2-8H,1H3,(H,16,18). The Kier molecular flexibility index (Phi) is 2.80. The number of hydrogen-bond donors (Lipinski definition) is 1. The maximum Gasteiger partial charge on any atom is 0.256 e. The highest BCUT2D eigenvalue weighted by atomic mass is 32.1. The van der Waals surface area contributed by atoms with Crippen LogP contribution in [0.25, 0.3) is 5.57 Å². The Bertz CT molecular complexity index is 699. The van der Waals surface area contributed by atoms with Crippen molar-refractivity contribution in [1.82, 2.24) is 0 Å². The molecule has 1 amide bonds. The summed E-state index contributed by atoms with van der Waals surface area (Å²) in [5, 5.41) is 4.66. The molecular formula is C15H11NO2S. The zero-order valence-electron chi connectivity index (χ0n) is 10.3. The Labute approximate surface area is 114 Å². The number of allylic oxidation sites excluding steroid dienone is 1. The highest BCUT2D eigenvalue weighted by molar-refractivity contribution is 7.12. The van der Waals surface area contributed by atoms with Gasteiger partial charge in [-0.3, -0.25) is 9.59 Å². The summed E-state index contributed by atoms with van der Waals surface area (Å²) in [5.41, 5.74) is 3.04. The van der Waals surface area contributed by atoms with Crippen LogP contribution >= 0.6 is 11.3 Å². The molecule has 19 heavy (non-hydrogen) atoms. The molecule has 0 radical (unpaired) electrons. The van der Waals surface area contributed by atoms with E-state index < -0.39 is 0 Å². The Morgan fingerprint density at radius 3 is 2.84 bits per heavy atom. The molecule has 3 nitrogen and oxygen atoms in total. The van der Waals surface area contributed by atoms with E-state index in [-0.39, 0.29) is 11.7 Å². The minimum Gasteiger partial charge on any atom is -0.321 e. The van der Waals surface area contributed by atoms with E-state index >= 15 is 0 Å². The van der Waals surface area contributed by atoms with E-state index in [1.807, 2.05) is 36.6 Å². The van der Waals surface area contributed by atoms with Crippen molar-refractivity contribution >= 4 is 34.3 Å². The van der Waals surface area contributed by atoms with E-state index in [4.69, 9.17) is 0 Å². The molecule has 1 aromatic heterocycles. The van der Waals surface area contributed by atoms with Gasteiger partial charge in [0.1, 0.15) is 0 Å². The Morgan fingerprint density at radius 2 is 2.11 bits per heavy atom. The average molecular weight is 269 g/mol. The molecule has 3 rings (SSSR count). The monoisotopic (exact) mass is 269 g/mol. The minimum absolute atomic E-state index is 0.130. The van der Waals surface area contributed by atoms with Crippen molar-refractivity contribution in [3.8, 4) is 0 Å². The predicted octanol–water partition coefficient (Wildman–Crippen LogP) is 3.27. The van der Waals surface area contributed by atoms with E-state index in [1.54, 1.807) is 6.07 Å². The fourth-order valence-electron chi connectivity index (χ4n) is 2.13. The highest BCUT2D eigenvalue weighted by Gasteiger charge is 2.26. The molecule has 2 heterocycles. The number of aryl methyl sites for hydroxylation is 1. The lowest BCUT2D eigenvalue weighted by Gasteiger charge is -2.01. The predicted molar refractivity (Wildman–Crippen MR) is 76.4 cm³/mol. The first-order valence-electron chi connectivity index (χ1n) is 5.87. The number of para-hydroxylation sites is 1. The van der Waals surface area contributed by atoms with Crippen LogP contribution in [0.3, 0.4) is 0 Å². The molecular weight excluding hydrogens is 258 g/mol. The van der Waals surface area contributed by atoms with Gasteiger partial charge < -0.3 is 5.32 Å². The van der Waals surface area contributed by atoms with Gasteiger partial charge in [0.2, 0.25) is 0 Å². The molecule has 1 aliphatic rings. The fraction of sp³-hybridized carbons (Fsp3) is 0.0667. The number of nitrogens with one attached hydrogen (secondary N) is 1. The lowest BCUT2D eigenvalue weighted by atomic mass is 10.0. The fourth-order valence-corrected chi connectivity index (χ4v) is 2.76. The molecule has 1 aliphatic heterocycles. The number of benzene rings is 1. The SMILES string of the molecule is Cc1cccc2c1NC(=O)C2=CC(=O)c1cccs1. The summed E-state index contributed by atoms with van der Waals surface area (Å²) in [4.78, 5) is 24.7. The number of amides is 1. The van der Waals surface area contributed by atoms with Crippen LogP contribution in [0.15, 0.2) is 41.8 Å². The van der Waals surface area contributed by atoms with Gasteiger partial charge in [-0.15, -0.1) is 11.3 Å². The summed E-state index contributed by atoms with van der Waals surface area (Å²) >= 11 is 1.37. The van der Waals surface area contributed by atoms with E-state index in [0.717, 1.165) is 16.8 Å². The Balaban J connectivity index is 2.05. The molecule has 94 valence electrons. The van der Waals surface area contributed by atoms with Gasteiger partial charge in [-0.2, -0.15) is 0 Å². The number of rotatable bonds is 2. The molecule has 4 heteroatoms. The lowest BCUT2D eigenvalue weighted by Crippen LogP contribution is -2.05.